The molecule has 0 saturated heterocycles. The summed E-state index contributed by atoms with van der Waals surface area (Å²) in [5.74, 6) is 0.0410. The maximum Gasteiger partial charge on any atom is 0.243 e. The molecule has 0 unspecified atom stereocenters. The minimum atomic E-state index is -3.94. The van der Waals surface area contributed by atoms with Gasteiger partial charge in [-0.3, -0.25) is 4.79 Å². The monoisotopic (exact) mass is 556 g/mol. The fraction of sp³-hybridized carbons (Fsp3) is 0.458. The molecule has 0 spiro atoms. The number of ether oxygens (including phenoxy) is 1. The minimum Gasteiger partial charge on any atom is -0.495 e. The van der Waals surface area contributed by atoms with Crippen LogP contribution in [0.4, 0.5) is 5.69 Å². The molecule has 180 valence electrons. The summed E-state index contributed by atoms with van der Waals surface area (Å²) in [5, 5.41) is 3.18. The van der Waals surface area contributed by atoms with E-state index in [9.17, 15) is 13.2 Å². The van der Waals surface area contributed by atoms with Gasteiger partial charge >= 0.3 is 0 Å². The largest absolute Gasteiger partial charge is 0.495 e. The van der Waals surface area contributed by atoms with Crippen molar-refractivity contribution in [2.45, 2.75) is 63.3 Å². The van der Waals surface area contributed by atoms with Crippen molar-refractivity contribution in [1.29, 1.82) is 0 Å². The summed E-state index contributed by atoms with van der Waals surface area (Å²) in [7, 11) is -2.47. The van der Waals surface area contributed by atoms with Gasteiger partial charge in [0.05, 0.1) is 23.6 Å². The van der Waals surface area contributed by atoms with Crippen molar-refractivity contribution in [2.24, 2.45) is 0 Å². The van der Waals surface area contributed by atoms with E-state index in [1.54, 1.807) is 0 Å². The van der Waals surface area contributed by atoms with Gasteiger partial charge in [0.2, 0.25) is 15.9 Å². The number of rotatable bonds is 8. The van der Waals surface area contributed by atoms with Gasteiger partial charge in [-0.1, -0.05) is 53.7 Å². The first-order valence-corrected chi connectivity index (χ1v) is 13.7. The lowest BCUT2D eigenvalue weighted by Crippen LogP contribution is -2.45. The van der Waals surface area contributed by atoms with E-state index in [1.807, 2.05) is 26.0 Å². The predicted octanol–water partition coefficient (Wildman–Crippen LogP) is 5.94. The van der Waals surface area contributed by atoms with E-state index in [0.29, 0.717) is 5.75 Å². The molecule has 1 fully saturated rings. The minimum absolute atomic E-state index is 0.0562. The smallest absolute Gasteiger partial charge is 0.243 e. The fourth-order valence-corrected chi connectivity index (χ4v) is 6.92. The summed E-state index contributed by atoms with van der Waals surface area (Å²) in [6.45, 7) is 3.69. The first kappa shape index (κ1) is 26.0. The van der Waals surface area contributed by atoms with E-state index < -0.39 is 10.0 Å². The van der Waals surface area contributed by atoms with Crippen LogP contribution >= 0.6 is 27.5 Å². The number of anilines is 1. The highest BCUT2D eigenvalue weighted by molar-refractivity contribution is 9.10. The molecule has 6 nitrogen and oxygen atoms in total. The summed E-state index contributed by atoms with van der Waals surface area (Å²) in [6.07, 6.45) is 5.15. The summed E-state index contributed by atoms with van der Waals surface area (Å²) in [6, 6.07) is 8.07. The second-order valence-electron chi connectivity index (χ2n) is 8.30. The Kier molecular flexibility index (Phi) is 8.83. The van der Waals surface area contributed by atoms with Crippen LogP contribution < -0.4 is 10.1 Å². The Labute approximate surface area is 209 Å². The quantitative estimate of drug-likeness (QED) is 0.436. The van der Waals surface area contributed by atoms with Crippen LogP contribution in [0, 0.1) is 6.92 Å². The Morgan fingerprint density at radius 1 is 1.21 bits per heavy atom. The second-order valence-corrected chi connectivity index (χ2v) is 11.5. The van der Waals surface area contributed by atoms with E-state index in [1.165, 1.54) is 29.6 Å². The average molecular weight is 558 g/mol. The lowest BCUT2D eigenvalue weighted by Gasteiger charge is -2.33. The molecule has 9 heteroatoms. The number of benzene rings is 2. The predicted molar refractivity (Wildman–Crippen MR) is 136 cm³/mol. The molecule has 0 atom stereocenters. The van der Waals surface area contributed by atoms with Crippen molar-refractivity contribution in [3.8, 4) is 5.75 Å². The molecule has 0 bridgehead atoms. The van der Waals surface area contributed by atoms with Gasteiger partial charge in [-0.05, 0) is 67.6 Å². The Bertz CT molecular complexity index is 1120. The topological polar surface area (TPSA) is 75.7 Å². The molecule has 33 heavy (non-hydrogen) atoms. The third-order valence-corrected chi connectivity index (χ3v) is 8.69. The Hall–Kier alpha value is -1.61. The number of sulfonamides is 1. The Balaban J connectivity index is 1.92. The van der Waals surface area contributed by atoms with E-state index in [2.05, 4.69) is 21.2 Å². The Morgan fingerprint density at radius 2 is 1.91 bits per heavy atom. The molecule has 1 N–H and O–H groups in total. The molecule has 0 aromatic heterocycles. The second kappa shape index (κ2) is 11.2. The van der Waals surface area contributed by atoms with Gasteiger partial charge in [0.15, 0.2) is 0 Å². The molecule has 1 aliphatic rings. The highest BCUT2D eigenvalue weighted by Crippen LogP contribution is 2.32. The molecule has 3 rings (SSSR count). The highest BCUT2D eigenvalue weighted by Gasteiger charge is 2.34. The van der Waals surface area contributed by atoms with Crippen molar-refractivity contribution in [1.82, 2.24) is 4.31 Å². The van der Waals surface area contributed by atoms with Gasteiger partial charge in [0.25, 0.3) is 0 Å². The van der Waals surface area contributed by atoms with Crippen LogP contribution in [0.1, 0.15) is 50.2 Å². The maximum atomic E-state index is 13.6. The molecular weight excluding hydrogens is 528 g/mol. The summed E-state index contributed by atoms with van der Waals surface area (Å²) < 4.78 is 34.7. The molecule has 1 aliphatic carbocycles. The van der Waals surface area contributed by atoms with Gasteiger partial charge in [-0.25, -0.2) is 8.42 Å². The number of hydrogen-bond donors (Lipinski definition) is 1. The lowest BCUT2D eigenvalue weighted by molar-refractivity contribution is -0.116. The number of halogens is 2. The first-order valence-electron chi connectivity index (χ1n) is 11.1. The normalized spacial score (nSPS) is 15.0. The van der Waals surface area contributed by atoms with Crippen LogP contribution in [-0.4, -0.2) is 38.3 Å². The van der Waals surface area contributed by atoms with Gasteiger partial charge in [0, 0.05) is 16.2 Å². The SMILES string of the molecule is CCc1cc(Br)cc(C)c1NC(=O)CN(C1CCCCC1)S(=O)(=O)c1ccc(OC)c(Cl)c1. The third kappa shape index (κ3) is 6.10. The molecule has 2 aromatic rings. The van der Waals surface area contributed by atoms with E-state index in [-0.39, 0.29) is 28.4 Å². The van der Waals surface area contributed by atoms with Crippen molar-refractivity contribution < 1.29 is 17.9 Å². The molecular formula is C24H30BrClN2O4S. The number of hydrogen-bond acceptors (Lipinski definition) is 4. The molecule has 1 amide bonds. The van der Waals surface area contributed by atoms with Crippen LogP contribution in [0.2, 0.25) is 5.02 Å². The van der Waals surface area contributed by atoms with Crippen LogP contribution in [0.15, 0.2) is 39.7 Å². The van der Waals surface area contributed by atoms with Gasteiger partial charge in [-0.2, -0.15) is 4.31 Å². The van der Waals surface area contributed by atoms with Crippen LogP contribution in [0.25, 0.3) is 0 Å². The van der Waals surface area contributed by atoms with Crippen molar-refractivity contribution in [2.75, 3.05) is 19.0 Å². The zero-order chi connectivity index (χ0) is 24.2. The van der Waals surface area contributed by atoms with Crippen molar-refractivity contribution in [3.05, 3.63) is 51.0 Å². The Morgan fingerprint density at radius 3 is 2.52 bits per heavy atom. The molecule has 0 radical (unpaired) electrons. The number of methoxy groups -OCH3 is 1. The first-order chi connectivity index (χ1) is 15.7. The standard InChI is InChI=1S/C24H30BrClN2O4S/c1-4-17-13-18(25)12-16(2)24(17)27-23(29)15-28(19-8-6-5-7-9-19)33(30,31)20-10-11-22(32-3)21(26)14-20/h10-14,19H,4-9,15H2,1-3H3,(H,27,29). The van der Waals surface area contributed by atoms with E-state index >= 15 is 0 Å². The van der Waals surface area contributed by atoms with Gasteiger partial charge in [0.1, 0.15) is 5.75 Å². The van der Waals surface area contributed by atoms with E-state index in [0.717, 1.165) is 59.8 Å². The van der Waals surface area contributed by atoms with Crippen molar-refractivity contribution in [3.63, 3.8) is 0 Å². The maximum absolute atomic E-state index is 13.6. The molecule has 0 aliphatic heterocycles. The number of nitrogens with one attached hydrogen (secondary N) is 1. The van der Waals surface area contributed by atoms with Crippen LogP contribution in [0.3, 0.4) is 0 Å². The highest BCUT2D eigenvalue weighted by atomic mass is 79.9. The van der Waals surface area contributed by atoms with Crippen molar-refractivity contribution >= 4 is 49.1 Å². The summed E-state index contributed by atoms with van der Waals surface area (Å²) in [4.78, 5) is 13.2. The van der Waals surface area contributed by atoms with Crippen LogP contribution in [-0.2, 0) is 21.2 Å². The number of amides is 1. The number of aryl methyl sites for hydroxylation is 2. The molecule has 2 aromatic carbocycles. The zero-order valence-corrected chi connectivity index (χ0v) is 22.3. The van der Waals surface area contributed by atoms with Crippen LogP contribution in [0.5, 0.6) is 5.75 Å². The van der Waals surface area contributed by atoms with Gasteiger partial charge in [-0.15, -0.1) is 0 Å². The molecule has 1 saturated carbocycles. The number of carbonyl (C=O) groups excluding carboxylic acids is 1. The number of carbonyl (C=O) groups is 1. The number of nitrogens with zero attached hydrogens (tertiary/aromatic N) is 1. The fourth-order valence-electron chi connectivity index (χ4n) is 4.31. The van der Waals surface area contributed by atoms with E-state index in [4.69, 9.17) is 16.3 Å². The van der Waals surface area contributed by atoms with Gasteiger partial charge < -0.3 is 10.1 Å². The zero-order valence-electron chi connectivity index (χ0n) is 19.2. The molecule has 0 heterocycles. The third-order valence-electron chi connectivity index (χ3n) is 6.04. The summed E-state index contributed by atoms with van der Waals surface area (Å²) >= 11 is 9.71. The summed E-state index contributed by atoms with van der Waals surface area (Å²) in [5.41, 5.74) is 2.65. The lowest BCUT2D eigenvalue weighted by atomic mass is 9.95. The average Bonchev–Trinajstić information content (AvgIpc) is 2.79.